The van der Waals surface area contributed by atoms with Crippen LogP contribution in [0.4, 0.5) is 0 Å². The largest absolute Gasteiger partial charge is 0.393 e. The highest BCUT2D eigenvalue weighted by Crippen LogP contribution is 2.39. The van der Waals surface area contributed by atoms with Gasteiger partial charge >= 0.3 is 0 Å². The Morgan fingerprint density at radius 2 is 1.75 bits per heavy atom. The summed E-state index contributed by atoms with van der Waals surface area (Å²) in [6, 6.07) is 0. The second-order valence-electron chi connectivity index (χ2n) is 5.43. The minimum Gasteiger partial charge on any atom is -0.393 e. The molecule has 3 nitrogen and oxygen atoms in total. The van der Waals surface area contributed by atoms with E-state index in [9.17, 15) is 0 Å². The first-order chi connectivity index (χ1) is 7.62. The first-order valence-corrected chi connectivity index (χ1v) is 6.74. The van der Waals surface area contributed by atoms with Gasteiger partial charge in [0.25, 0.3) is 0 Å². The Hall–Kier alpha value is -0.190. The van der Waals surface area contributed by atoms with Crippen LogP contribution >= 0.6 is 12.2 Å². The van der Waals surface area contributed by atoms with Gasteiger partial charge < -0.3 is 10.6 Å². The molecule has 16 heavy (non-hydrogen) atoms. The standard InChI is InChI=1S/C12H23N3S/c1-14-6-8-15(9-7-14)10-12(11(13)16)4-2-3-5-12/h2-10H2,1H3,(H2,13,16). The van der Waals surface area contributed by atoms with Crippen molar-refractivity contribution in [1.82, 2.24) is 9.80 Å². The zero-order valence-electron chi connectivity index (χ0n) is 10.2. The molecule has 92 valence electrons. The zero-order chi connectivity index (χ0) is 11.6. The normalized spacial score (nSPS) is 27.1. The van der Waals surface area contributed by atoms with Gasteiger partial charge in [-0.3, -0.25) is 4.90 Å². The molecule has 0 aromatic rings. The SMILES string of the molecule is CN1CCN(CC2(C(N)=S)CCCC2)CC1. The summed E-state index contributed by atoms with van der Waals surface area (Å²) in [7, 11) is 2.19. The highest BCUT2D eigenvalue weighted by molar-refractivity contribution is 7.80. The van der Waals surface area contributed by atoms with Crippen molar-refractivity contribution in [1.29, 1.82) is 0 Å². The lowest BCUT2D eigenvalue weighted by Gasteiger charge is -2.38. The van der Waals surface area contributed by atoms with Crippen LogP contribution in [0.25, 0.3) is 0 Å². The fraction of sp³-hybridized carbons (Fsp3) is 0.917. The molecule has 1 saturated carbocycles. The first kappa shape index (κ1) is 12.3. The van der Waals surface area contributed by atoms with Gasteiger partial charge in [0.15, 0.2) is 0 Å². The minimum atomic E-state index is 0.158. The highest BCUT2D eigenvalue weighted by Gasteiger charge is 2.38. The number of nitrogens with zero attached hydrogens (tertiary/aromatic N) is 2. The van der Waals surface area contributed by atoms with Gasteiger partial charge in [-0.25, -0.2) is 0 Å². The molecule has 0 aromatic heterocycles. The molecule has 1 aliphatic heterocycles. The Morgan fingerprint density at radius 3 is 2.25 bits per heavy atom. The number of likely N-dealkylation sites (N-methyl/N-ethyl adjacent to an activating group) is 1. The summed E-state index contributed by atoms with van der Waals surface area (Å²) in [5.74, 6) is 0. The third-order valence-corrected chi connectivity index (χ3v) is 4.64. The van der Waals surface area contributed by atoms with Crippen molar-refractivity contribution < 1.29 is 0 Å². The van der Waals surface area contributed by atoms with E-state index in [2.05, 4.69) is 16.8 Å². The summed E-state index contributed by atoms with van der Waals surface area (Å²) in [6.45, 7) is 5.78. The van der Waals surface area contributed by atoms with E-state index in [0.717, 1.165) is 11.5 Å². The molecule has 2 N–H and O–H groups in total. The molecule has 2 fully saturated rings. The lowest BCUT2D eigenvalue weighted by atomic mass is 9.85. The monoisotopic (exact) mass is 241 g/mol. The lowest BCUT2D eigenvalue weighted by molar-refractivity contribution is 0.123. The van der Waals surface area contributed by atoms with E-state index in [1.165, 1.54) is 51.9 Å². The number of nitrogens with two attached hydrogens (primary N) is 1. The summed E-state index contributed by atoms with van der Waals surface area (Å²) >= 11 is 5.30. The fourth-order valence-corrected chi connectivity index (χ4v) is 3.24. The van der Waals surface area contributed by atoms with Crippen LogP contribution in [0.1, 0.15) is 25.7 Å². The van der Waals surface area contributed by atoms with Crippen molar-refractivity contribution in [3.63, 3.8) is 0 Å². The predicted octanol–water partition coefficient (Wildman–Crippen LogP) is 1.08. The predicted molar refractivity (Wildman–Crippen MR) is 71.6 cm³/mol. The number of thiocarbonyl (C=S) groups is 1. The Kier molecular flexibility index (Phi) is 3.82. The van der Waals surface area contributed by atoms with Crippen LogP contribution in [0.2, 0.25) is 0 Å². The molecule has 4 heteroatoms. The molecule has 2 aliphatic rings. The summed E-state index contributed by atoms with van der Waals surface area (Å²) in [4.78, 5) is 5.69. The molecule has 0 atom stereocenters. The van der Waals surface area contributed by atoms with Crippen LogP contribution in [0.15, 0.2) is 0 Å². The van der Waals surface area contributed by atoms with Gasteiger partial charge in [-0.1, -0.05) is 25.1 Å². The number of rotatable bonds is 3. The molecule has 2 rings (SSSR count). The quantitative estimate of drug-likeness (QED) is 0.750. The molecule has 0 unspecified atom stereocenters. The smallest absolute Gasteiger partial charge is 0.0802 e. The molecule has 0 radical (unpaired) electrons. The van der Waals surface area contributed by atoms with Crippen molar-refractivity contribution in [2.45, 2.75) is 25.7 Å². The van der Waals surface area contributed by atoms with E-state index in [0.29, 0.717) is 0 Å². The van der Waals surface area contributed by atoms with Gasteiger partial charge in [0.05, 0.1) is 4.99 Å². The van der Waals surface area contributed by atoms with Crippen LogP contribution in [0, 0.1) is 5.41 Å². The van der Waals surface area contributed by atoms with Crippen molar-refractivity contribution in [2.24, 2.45) is 11.1 Å². The maximum Gasteiger partial charge on any atom is 0.0802 e. The fourth-order valence-electron chi connectivity index (χ4n) is 2.97. The highest BCUT2D eigenvalue weighted by atomic mass is 32.1. The van der Waals surface area contributed by atoms with Crippen molar-refractivity contribution in [3.05, 3.63) is 0 Å². The van der Waals surface area contributed by atoms with Crippen molar-refractivity contribution >= 4 is 17.2 Å². The van der Waals surface area contributed by atoms with Crippen LogP contribution in [-0.2, 0) is 0 Å². The van der Waals surface area contributed by atoms with Crippen LogP contribution in [0.3, 0.4) is 0 Å². The molecule has 0 bridgehead atoms. The van der Waals surface area contributed by atoms with E-state index >= 15 is 0 Å². The molecule has 0 aromatic carbocycles. The molecule has 0 spiro atoms. The van der Waals surface area contributed by atoms with Gasteiger partial charge in [-0.05, 0) is 19.9 Å². The minimum absolute atomic E-state index is 0.158. The molecule has 1 saturated heterocycles. The van der Waals surface area contributed by atoms with Gasteiger partial charge in [0, 0.05) is 38.1 Å². The summed E-state index contributed by atoms with van der Waals surface area (Å²) in [5, 5.41) is 0. The Balaban J connectivity index is 1.93. The maximum atomic E-state index is 5.97. The van der Waals surface area contributed by atoms with E-state index < -0.39 is 0 Å². The van der Waals surface area contributed by atoms with E-state index in [-0.39, 0.29) is 5.41 Å². The molecule has 0 amide bonds. The molecule has 1 aliphatic carbocycles. The van der Waals surface area contributed by atoms with Gasteiger partial charge in [-0.15, -0.1) is 0 Å². The third-order valence-electron chi connectivity index (χ3n) is 4.21. The van der Waals surface area contributed by atoms with Crippen LogP contribution in [-0.4, -0.2) is 54.6 Å². The number of hydrogen-bond donors (Lipinski definition) is 1. The summed E-state index contributed by atoms with van der Waals surface area (Å²) < 4.78 is 0. The number of hydrogen-bond acceptors (Lipinski definition) is 3. The molecule has 1 heterocycles. The third kappa shape index (κ3) is 2.55. The maximum absolute atomic E-state index is 5.97. The summed E-state index contributed by atoms with van der Waals surface area (Å²) in [5.41, 5.74) is 6.13. The van der Waals surface area contributed by atoms with Crippen LogP contribution in [0.5, 0.6) is 0 Å². The van der Waals surface area contributed by atoms with Gasteiger partial charge in [0.1, 0.15) is 0 Å². The molecular formula is C12H23N3S. The van der Waals surface area contributed by atoms with Crippen LogP contribution < -0.4 is 5.73 Å². The second-order valence-corrected chi connectivity index (χ2v) is 5.87. The average Bonchev–Trinajstić information content (AvgIpc) is 2.71. The Labute approximate surface area is 104 Å². The van der Waals surface area contributed by atoms with Gasteiger partial charge in [0.2, 0.25) is 0 Å². The summed E-state index contributed by atoms with van der Waals surface area (Å²) in [6.07, 6.45) is 5.00. The van der Waals surface area contributed by atoms with E-state index in [4.69, 9.17) is 18.0 Å². The Morgan fingerprint density at radius 1 is 1.19 bits per heavy atom. The van der Waals surface area contributed by atoms with E-state index in [1.54, 1.807) is 0 Å². The van der Waals surface area contributed by atoms with E-state index in [1.807, 2.05) is 0 Å². The average molecular weight is 241 g/mol. The lowest BCUT2D eigenvalue weighted by Crippen LogP contribution is -2.50. The number of piperazine rings is 1. The zero-order valence-corrected chi connectivity index (χ0v) is 11.1. The molecular weight excluding hydrogens is 218 g/mol. The van der Waals surface area contributed by atoms with Gasteiger partial charge in [-0.2, -0.15) is 0 Å². The van der Waals surface area contributed by atoms with Crippen molar-refractivity contribution in [3.8, 4) is 0 Å². The topological polar surface area (TPSA) is 32.5 Å². The Bertz CT molecular complexity index is 253. The van der Waals surface area contributed by atoms with Crippen molar-refractivity contribution in [2.75, 3.05) is 39.8 Å². The first-order valence-electron chi connectivity index (χ1n) is 6.33. The second kappa shape index (κ2) is 4.98.